The van der Waals surface area contributed by atoms with Crippen LogP contribution >= 0.6 is 0 Å². The minimum absolute atomic E-state index is 0.632. The van der Waals surface area contributed by atoms with E-state index in [0.29, 0.717) is 5.56 Å². The lowest BCUT2D eigenvalue weighted by molar-refractivity contribution is 0.767. The SMILES string of the molecule is CCN(CCCNc1cc(C)c(C#N)c2nc3ccccc3n12)c1ccccc1. The number of rotatable bonds is 7. The van der Waals surface area contributed by atoms with Crippen molar-refractivity contribution in [3.63, 3.8) is 0 Å². The fourth-order valence-corrected chi connectivity index (χ4v) is 3.82. The van der Waals surface area contributed by atoms with Gasteiger partial charge in [-0.3, -0.25) is 4.40 Å². The van der Waals surface area contributed by atoms with Crippen molar-refractivity contribution in [1.29, 1.82) is 5.26 Å². The molecule has 0 unspecified atom stereocenters. The number of hydrogen-bond donors (Lipinski definition) is 1. The number of nitrogens with zero attached hydrogens (tertiary/aromatic N) is 4. The van der Waals surface area contributed by atoms with Crippen molar-refractivity contribution in [2.45, 2.75) is 20.3 Å². The third-order valence-electron chi connectivity index (χ3n) is 5.30. The van der Waals surface area contributed by atoms with Crippen molar-refractivity contribution in [2.24, 2.45) is 0 Å². The van der Waals surface area contributed by atoms with E-state index in [1.807, 2.05) is 37.3 Å². The number of nitriles is 1. The molecule has 4 rings (SSSR count). The van der Waals surface area contributed by atoms with Gasteiger partial charge in [-0.2, -0.15) is 5.26 Å². The maximum Gasteiger partial charge on any atom is 0.157 e. The lowest BCUT2D eigenvalue weighted by Crippen LogP contribution is -2.25. The lowest BCUT2D eigenvalue weighted by Gasteiger charge is -2.23. The van der Waals surface area contributed by atoms with E-state index in [9.17, 15) is 5.26 Å². The molecule has 0 aliphatic heterocycles. The number of hydrogen-bond acceptors (Lipinski definition) is 4. The first kappa shape index (κ1) is 18.8. The summed E-state index contributed by atoms with van der Waals surface area (Å²) in [6.07, 6.45) is 1.01. The number of aryl methyl sites for hydroxylation is 1. The molecular formula is C24H25N5. The molecule has 0 saturated heterocycles. The first-order valence-corrected chi connectivity index (χ1v) is 10.1. The van der Waals surface area contributed by atoms with Gasteiger partial charge in [0.15, 0.2) is 5.65 Å². The van der Waals surface area contributed by atoms with E-state index < -0.39 is 0 Å². The molecule has 2 heterocycles. The summed E-state index contributed by atoms with van der Waals surface area (Å²) in [5, 5.41) is 13.2. The average molecular weight is 383 g/mol. The lowest BCUT2D eigenvalue weighted by atomic mass is 10.1. The summed E-state index contributed by atoms with van der Waals surface area (Å²) in [4.78, 5) is 7.09. The Balaban J connectivity index is 1.56. The fourth-order valence-electron chi connectivity index (χ4n) is 3.82. The summed E-state index contributed by atoms with van der Waals surface area (Å²) in [5.74, 6) is 0.980. The van der Waals surface area contributed by atoms with E-state index >= 15 is 0 Å². The van der Waals surface area contributed by atoms with Crippen LogP contribution in [0.2, 0.25) is 0 Å². The van der Waals surface area contributed by atoms with Crippen molar-refractivity contribution in [3.05, 3.63) is 71.8 Å². The van der Waals surface area contributed by atoms with E-state index in [2.05, 4.69) is 57.9 Å². The molecule has 2 aromatic carbocycles. The molecule has 5 heteroatoms. The van der Waals surface area contributed by atoms with Crippen LogP contribution in [0.4, 0.5) is 11.5 Å². The monoisotopic (exact) mass is 383 g/mol. The second kappa shape index (κ2) is 8.24. The number of aromatic nitrogens is 2. The normalized spacial score (nSPS) is 10.9. The van der Waals surface area contributed by atoms with Crippen molar-refractivity contribution in [1.82, 2.24) is 9.38 Å². The summed E-state index contributed by atoms with van der Waals surface area (Å²) in [6.45, 7) is 6.96. The van der Waals surface area contributed by atoms with E-state index in [-0.39, 0.29) is 0 Å². The third-order valence-corrected chi connectivity index (χ3v) is 5.30. The first-order chi connectivity index (χ1) is 14.2. The Morgan fingerprint density at radius 2 is 1.86 bits per heavy atom. The van der Waals surface area contributed by atoms with Crippen LogP contribution in [0.15, 0.2) is 60.7 Å². The second-order valence-electron chi connectivity index (χ2n) is 7.15. The van der Waals surface area contributed by atoms with Crippen molar-refractivity contribution >= 4 is 28.2 Å². The molecule has 0 aliphatic rings. The van der Waals surface area contributed by atoms with Crippen LogP contribution in [0, 0.1) is 18.3 Å². The number of pyridine rings is 1. The smallest absolute Gasteiger partial charge is 0.157 e. The van der Waals surface area contributed by atoms with E-state index in [1.54, 1.807) is 0 Å². The van der Waals surface area contributed by atoms with Crippen molar-refractivity contribution in [3.8, 4) is 6.07 Å². The average Bonchev–Trinajstić information content (AvgIpc) is 3.14. The highest BCUT2D eigenvalue weighted by Gasteiger charge is 2.14. The molecule has 0 spiro atoms. The Morgan fingerprint density at radius 3 is 2.62 bits per heavy atom. The van der Waals surface area contributed by atoms with Gasteiger partial charge in [-0.1, -0.05) is 30.3 Å². The predicted molar refractivity (Wildman–Crippen MR) is 120 cm³/mol. The zero-order valence-corrected chi connectivity index (χ0v) is 16.9. The third kappa shape index (κ3) is 3.62. The highest BCUT2D eigenvalue weighted by molar-refractivity contribution is 5.85. The Hall–Kier alpha value is -3.52. The molecule has 0 saturated carbocycles. The van der Waals surface area contributed by atoms with Crippen LogP contribution in [0.25, 0.3) is 16.7 Å². The summed E-state index contributed by atoms with van der Waals surface area (Å²) in [5.41, 5.74) is 5.47. The first-order valence-electron chi connectivity index (χ1n) is 10.1. The van der Waals surface area contributed by atoms with E-state index in [4.69, 9.17) is 4.98 Å². The predicted octanol–water partition coefficient (Wildman–Crippen LogP) is 5.00. The van der Waals surface area contributed by atoms with Crippen LogP contribution < -0.4 is 10.2 Å². The maximum absolute atomic E-state index is 9.61. The van der Waals surface area contributed by atoms with Crippen LogP contribution in [0.1, 0.15) is 24.5 Å². The number of para-hydroxylation sites is 3. The molecule has 0 aliphatic carbocycles. The van der Waals surface area contributed by atoms with Gasteiger partial charge in [0, 0.05) is 25.3 Å². The Kier molecular flexibility index (Phi) is 5.35. The molecule has 2 aromatic heterocycles. The number of benzene rings is 2. The topological polar surface area (TPSA) is 56.4 Å². The fraction of sp³-hybridized carbons (Fsp3) is 0.250. The summed E-state index contributed by atoms with van der Waals surface area (Å²) in [7, 11) is 0. The molecule has 146 valence electrons. The molecule has 0 fully saturated rings. The summed E-state index contributed by atoms with van der Waals surface area (Å²) < 4.78 is 2.07. The van der Waals surface area contributed by atoms with Crippen molar-refractivity contribution in [2.75, 3.05) is 29.9 Å². The van der Waals surface area contributed by atoms with Gasteiger partial charge in [0.2, 0.25) is 0 Å². The largest absolute Gasteiger partial charge is 0.372 e. The Labute approximate surface area is 171 Å². The number of anilines is 2. The Bertz CT molecular complexity index is 1170. The molecule has 0 atom stereocenters. The van der Waals surface area contributed by atoms with Crippen LogP contribution in [0.3, 0.4) is 0 Å². The van der Waals surface area contributed by atoms with Gasteiger partial charge < -0.3 is 10.2 Å². The maximum atomic E-state index is 9.61. The van der Waals surface area contributed by atoms with Gasteiger partial charge in [0.05, 0.1) is 16.6 Å². The molecule has 4 aromatic rings. The van der Waals surface area contributed by atoms with Crippen LogP contribution in [-0.4, -0.2) is 29.0 Å². The molecule has 29 heavy (non-hydrogen) atoms. The quantitative estimate of drug-likeness (QED) is 0.457. The molecule has 0 amide bonds. The zero-order chi connectivity index (χ0) is 20.2. The highest BCUT2D eigenvalue weighted by atomic mass is 15.1. The minimum atomic E-state index is 0.632. The van der Waals surface area contributed by atoms with Gasteiger partial charge in [-0.25, -0.2) is 4.98 Å². The number of imidazole rings is 1. The second-order valence-corrected chi connectivity index (χ2v) is 7.15. The van der Waals surface area contributed by atoms with E-state index in [0.717, 1.165) is 54.1 Å². The molecule has 1 N–H and O–H groups in total. The summed E-state index contributed by atoms with van der Waals surface area (Å²) in [6, 6.07) is 22.9. The Morgan fingerprint density at radius 1 is 1.10 bits per heavy atom. The zero-order valence-electron chi connectivity index (χ0n) is 16.9. The molecule has 0 radical (unpaired) electrons. The van der Waals surface area contributed by atoms with Gasteiger partial charge in [0.1, 0.15) is 11.9 Å². The highest BCUT2D eigenvalue weighted by Crippen LogP contribution is 2.26. The van der Waals surface area contributed by atoms with Gasteiger partial charge in [-0.15, -0.1) is 0 Å². The van der Waals surface area contributed by atoms with Crippen molar-refractivity contribution < 1.29 is 0 Å². The van der Waals surface area contributed by atoms with Gasteiger partial charge >= 0.3 is 0 Å². The van der Waals surface area contributed by atoms with E-state index in [1.165, 1.54) is 5.69 Å². The number of nitrogens with one attached hydrogen (secondary N) is 1. The molecule has 0 bridgehead atoms. The molecule has 5 nitrogen and oxygen atoms in total. The van der Waals surface area contributed by atoms with Gasteiger partial charge in [-0.05, 0) is 56.2 Å². The van der Waals surface area contributed by atoms with Crippen LogP contribution in [0.5, 0.6) is 0 Å². The van der Waals surface area contributed by atoms with Crippen LogP contribution in [-0.2, 0) is 0 Å². The minimum Gasteiger partial charge on any atom is -0.372 e. The van der Waals surface area contributed by atoms with Gasteiger partial charge in [0.25, 0.3) is 0 Å². The standard InChI is InChI=1S/C24H25N5/c1-3-28(19-10-5-4-6-11-19)15-9-14-26-23-16-18(2)20(17-25)24-27-21-12-7-8-13-22(21)29(23)24/h4-8,10-13,16,26H,3,9,14-15H2,1-2H3. The number of fused-ring (bicyclic) bond motifs is 3. The summed E-state index contributed by atoms with van der Waals surface area (Å²) >= 11 is 0. The molecular weight excluding hydrogens is 358 g/mol.